The molecule has 21 heavy (non-hydrogen) atoms. The van der Waals surface area contributed by atoms with Crippen LogP contribution < -0.4 is 11.1 Å². The molecule has 7 heteroatoms. The summed E-state index contributed by atoms with van der Waals surface area (Å²) in [6, 6.07) is 6.21. The maximum atomic E-state index is 11.8. The minimum absolute atomic E-state index is 0.0786. The summed E-state index contributed by atoms with van der Waals surface area (Å²) in [4.78, 5) is 35.1. The maximum absolute atomic E-state index is 11.8. The molecule has 0 aromatic heterocycles. The highest BCUT2D eigenvalue weighted by molar-refractivity contribution is 5.95. The normalized spacial score (nSPS) is 12.0. The van der Waals surface area contributed by atoms with Gasteiger partial charge in [-0.1, -0.05) is 6.92 Å². The molecule has 1 unspecified atom stereocenters. The van der Waals surface area contributed by atoms with Gasteiger partial charge in [-0.25, -0.2) is 0 Å². The molecule has 0 aliphatic heterocycles. The van der Waals surface area contributed by atoms with E-state index in [4.69, 9.17) is 10.8 Å². The van der Waals surface area contributed by atoms with E-state index in [0.29, 0.717) is 11.3 Å². The van der Waals surface area contributed by atoms with E-state index in [0.717, 1.165) is 0 Å². The van der Waals surface area contributed by atoms with E-state index in [9.17, 15) is 14.4 Å². The molecule has 0 spiro atoms. The Bertz CT molecular complexity index is 528. The number of likely N-dealkylation sites (N-methyl/N-ethyl adjacent to an activating group) is 1. The molecule has 1 rings (SSSR count). The average molecular weight is 293 g/mol. The first-order valence-electron chi connectivity index (χ1n) is 6.40. The lowest BCUT2D eigenvalue weighted by atomic mass is 10.2. The van der Waals surface area contributed by atoms with Crippen molar-refractivity contribution in [3.05, 3.63) is 29.8 Å². The number of hydrogen-bond acceptors (Lipinski definition) is 4. The van der Waals surface area contributed by atoms with Gasteiger partial charge in [-0.3, -0.25) is 19.3 Å². The number of primary amides is 1. The van der Waals surface area contributed by atoms with Gasteiger partial charge in [0, 0.05) is 17.8 Å². The van der Waals surface area contributed by atoms with Crippen LogP contribution in [0.4, 0.5) is 5.69 Å². The number of nitrogens with zero attached hydrogens (tertiary/aromatic N) is 1. The highest BCUT2D eigenvalue weighted by Gasteiger charge is 2.15. The molecule has 0 saturated heterocycles. The third-order valence-electron chi connectivity index (χ3n) is 2.87. The van der Waals surface area contributed by atoms with Crippen molar-refractivity contribution in [3.63, 3.8) is 0 Å². The van der Waals surface area contributed by atoms with Gasteiger partial charge in [-0.15, -0.1) is 0 Å². The van der Waals surface area contributed by atoms with Gasteiger partial charge in [-0.05, 0) is 31.3 Å². The second kappa shape index (κ2) is 7.39. The number of hydrogen-bond donors (Lipinski definition) is 3. The number of carbonyl (C=O) groups excluding carboxylic acids is 2. The van der Waals surface area contributed by atoms with E-state index in [-0.39, 0.29) is 19.0 Å². The Hall–Kier alpha value is -2.41. The summed E-state index contributed by atoms with van der Waals surface area (Å²) in [5.74, 6) is -2.24. The Morgan fingerprint density at radius 1 is 1.29 bits per heavy atom. The number of amides is 2. The molecule has 2 amide bonds. The van der Waals surface area contributed by atoms with Gasteiger partial charge in [-0.2, -0.15) is 0 Å². The third-order valence-corrected chi connectivity index (χ3v) is 2.87. The van der Waals surface area contributed by atoms with Crippen LogP contribution in [0.15, 0.2) is 24.3 Å². The van der Waals surface area contributed by atoms with Crippen molar-refractivity contribution in [2.24, 2.45) is 11.7 Å². The van der Waals surface area contributed by atoms with Crippen LogP contribution >= 0.6 is 0 Å². The quantitative estimate of drug-likeness (QED) is 0.672. The smallest absolute Gasteiger partial charge is 0.307 e. The SMILES string of the molecule is CC(CN(C)CC(=O)Nc1ccc(C(N)=O)cc1)C(=O)O. The number of anilines is 1. The molecule has 0 aliphatic carbocycles. The van der Waals surface area contributed by atoms with Crippen molar-refractivity contribution in [2.75, 3.05) is 25.5 Å². The molecule has 1 aromatic carbocycles. The van der Waals surface area contributed by atoms with Gasteiger partial charge >= 0.3 is 5.97 Å². The van der Waals surface area contributed by atoms with E-state index in [1.165, 1.54) is 12.1 Å². The summed E-state index contributed by atoms with van der Waals surface area (Å²) in [7, 11) is 1.68. The lowest BCUT2D eigenvalue weighted by Gasteiger charge is -2.18. The predicted octanol–water partition coefficient (Wildman–Crippen LogP) is 0.377. The number of aliphatic carboxylic acids is 1. The number of carboxylic acid groups (broad SMARTS) is 1. The average Bonchev–Trinajstić information content (AvgIpc) is 2.38. The Morgan fingerprint density at radius 2 is 1.86 bits per heavy atom. The monoisotopic (exact) mass is 293 g/mol. The Kier molecular flexibility index (Phi) is 5.86. The van der Waals surface area contributed by atoms with Crippen molar-refractivity contribution < 1.29 is 19.5 Å². The maximum Gasteiger partial charge on any atom is 0.307 e. The molecule has 1 aromatic rings. The minimum atomic E-state index is -0.899. The van der Waals surface area contributed by atoms with Crippen molar-refractivity contribution in [1.29, 1.82) is 0 Å². The first-order chi connectivity index (χ1) is 9.79. The van der Waals surface area contributed by atoms with Gasteiger partial charge in [0.05, 0.1) is 12.5 Å². The molecular weight excluding hydrogens is 274 g/mol. The van der Waals surface area contributed by atoms with E-state index in [1.54, 1.807) is 31.0 Å². The van der Waals surface area contributed by atoms with Crippen LogP contribution in [-0.2, 0) is 9.59 Å². The van der Waals surface area contributed by atoms with E-state index >= 15 is 0 Å². The fourth-order valence-corrected chi connectivity index (χ4v) is 1.77. The number of rotatable bonds is 7. The van der Waals surface area contributed by atoms with E-state index < -0.39 is 17.8 Å². The zero-order valence-electron chi connectivity index (χ0n) is 12.0. The third kappa shape index (κ3) is 5.62. The lowest BCUT2D eigenvalue weighted by Crippen LogP contribution is -2.35. The van der Waals surface area contributed by atoms with Gasteiger partial charge in [0.2, 0.25) is 11.8 Å². The number of carbonyl (C=O) groups is 3. The Labute approximate surface area is 122 Å². The molecule has 1 atom stereocenters. The molecule has 4 N–H and O–H groups in total. The van der Waals surface area contributed by atoms with Gasteiger partial charge < -0.3 is 16.2 Å². The summed E-state index contributed by atoms with van der Waals surface area (Å²) >= 11 is 0. The van der Waals surface area contributed by atoms with Gasteiger partial charge in [0.15, 0.2) is 0 Å². The van der Waals surface area contributed by atoms with E-state index in [2.05, 4.69) is 5.32 Å². The van der Waals surface area contributed by atoms with E-state index in [1.807, 2.05) is 0 Å². The number of nitrogens with one attached hydrogen (secondary N) is 1. The Morgan fingerprint density at radius 3 is 2.33 bits per heavy atom. The van der Waals surface area contributed by atoms with Crippen LogP contribution in [0.1, 0.15) is 17.3 Å². The van der Waals surface area contributed by atoms with Gasteiger partial charge in [0.25, 0.3) is 0 Å². The fourth-order valence-electron chi connectivity index (χ4n) is 1.77. The van der Waals surface area contributed by atoms with Crippen LogP contribution in [0.2, 0.25) is 0 Å². The van der Waals surface area contributed by atoms with Crippen LogP contribution in [-0.4, -0.2) is 47.9 Å². The number of nitrogens with two attached hydrogens (primary N) is 1. The van der Waals surface area contributed by atoms with Crippen molar-refractivity contribution >= 4 is 23.5 Å². The standard InChI is InChI=1S/C14H19N3O4/c1-9(14(20)21)7-17(2)8-12(18)16-11-5-3-10(4-6-11)13(15)19/h3-6,9H,7-8H2,1-2H3,(H2,15,19)(H,16,18)(H,20,21). The molecule has 0 saturated carbocycles. The zero-order chi connectivity index (χ0) is 16.0. The second-order valence-electron chi connectivity index (χ2n) is 4.93. The molecule has 0 fully saturated rings. The van der Waals surface area contributed by atoms with Crippen molar-refractivity contribution in [2.45, 2.75) is 6.92 Å². The number of carboxylic acids is 1. The van der Waals surface area contributed by atoms with Crippen LogP contribution in [0, 0.1) is 5.92 Å². The van der Waals surface area contributed by atoms with Crippen LogP contribution in [0.3, 0.4) is 0 Å². The van der Waals surface area contributed by atoms with Crippen molar-refractivity contribution in [1.82, 2.24) is 4.90 Å². The van der Waals surface area contributed by atoms with Gasteiger partial charge in [0.1, 0.15) is 0 Å². The lowest BCUT2D eigenvalue weighted by molar-refractivity contribution is -0.141. The predicted molar refractivity (Wildman–Crippen MR) is 77.9 cm³/mol. The summed E-state index contributed by atoms with van der Waals surface area (Å²) in [6.45, 7) is 1.94. The molecule has 0 aliphatic rings. The molecule has 0 radical (unpaired) electrons. The molecule has 0 bridgehead atoms. The highest BCUT2D eigenvalue weighted by atomic mass is 16.4. The van der Waals surface area contributed by atoms with Crippen LogP contribution in [0.25, 0.3) is 0 Å². The summed E-state index contributed by atoms with van der Waals surface area (Å²) in [5.41, 5.74) is 6.03. The van der Waals surface area contributed by atoms with Crippen molar-refractivity contribution in [3.8, 4) is 0 Å². The first-order valence-corrected chi connectivity index (χ1v) is 6.40. The minimum Gasteiger partial charge on any atom is -0.481 e. The largest absolute Gasteiger partial charge is 0.481 e. The Balaban J connectivity index is 2.49. The topological polar surface area (TPSA) is 113 Å². The molecule has 7 nitrogen and oxygen atoms in total. The molecular formula is C14H19N3O4. The van der Waals surface area contributed by atoms with Crippen LogP contribution in [0.5, 0.6) is 0 Å². The summed E-state index contributed by atoms with van der Waals surface area (Å²) < 4.78 is 0. The highest BCUT2D eigenvalue weighted by Crippen LogP contribution is 2.09. The summed E-state index contributed by atoms with van der Waals surface area (Å²) in [6.07, 6.45) is 0. The zero-order valence-corrected chi connectivity index (χ0v) is 12.0. The molecule has 0 heterocycles. The second-order valence-corrected chi connectivity index (χ2v) is 4.93. The fraction of sp³-hybridized carbons (Fsp3) is 0.357. The first kappa shape index (κ1) is 16.6. The molecule has 114 valence electrons. The number of benzene rings is 1. The summed E-state index contributed by atoms with van der Waals surface area (Å²) in [5, 5.41) is 11.5.